The first-order chi connectivity index (χ1) is 9.29. The van der Waals surface area contributed by atoms with Crippen LogP contribution >= 0.6 is 0 Å². The maximum atomic E-state index is 11.7. The second-order valence-electron chi connectivity index (χ2n) is 3.76. The fraction of sp³-hybridized carbons (Fsp3) is 0.250. The lowest BCUT2D eigenvalue weighted by Gasteiger charge is -2.10. The maximum Gasteiger partial charge on any atom is 0.319 e. The molecule has 0 aliphatic rings. The van der Waals surface area contributed by atoms with Gasteiger partial charge in [-0.3, -0.25) is 5.10 Å². The number of aromatic amines is 1. The zero-order valence-electron chi connectivity index (χ0n) is 10.5. The molecule has 2 rings (SSSR count). The standard InChI is InChI=1S/C12H15N5O2/c1-19-10-5-3-2-4-9(10)16-12(18)13-7-6-11-14-8-15-17-11/h2-5,8H,6-7H2,1H3,(H2,13,16,18)(H,14,15,17). The summed E-state index contributed by atoms with van der Waals surface area (Å²) in [6, 6.07) is 6.93. The largest absolute Gasteiger partial charge is 0.495 e. The van der Waals surface area contributed by atoms with Gasteiger partial charge in [-0.1, -0.05) is 12.1 Å². The fourth-order valence-electron chi connectivity index (χ4n) is 1.56. The Labute approximate surface area is 110 Å². The second kappa shape index (κ2) is 6.39. The van der Waals surface area contributed by atoms with E-state index in [0.29, 0.717) is 24.4 Å². The Kier molecular flexibility index (Phi) is 4.33. The Balaban J connectivity index is 1.80. The molecular weight excluding hydrogens is 246 g/mol. The summed E-state index contributed by atoms with van der Waals surface area (Å²) in [6.07, 6.45) is 2.03. The van der Waals surface area contributed by atoms with E-state index < -0.39 is 0 Å². The quantitative estimate of drug-likeness (QED) is 0.753. The van der Waals surface area contributed by atoms with E-state index in [1.54, 1.807) is 19.2 Å². The highest BCUT2D eigenvalue weighted by molar-refractivity contribution is 5.90. The number of carbonyl (C=O) groups excluding carboxylic acids is 1. The summed E-state index contributed by atoms with van der Waals surface area (Å²) in [6.45, 7) is 0.468. The summed E-state index contributed by atoms with van der Waals surface area (Å²) in [5, 5.41) is 11.9. The van der Waals surface area contributed by atoms with E-state index in [9.17, 15) is 4.79 Å². The molecule has 0 aliphatic carbocycles. The Morgan fingerprint density at radius 3 is 3.00 bits per heavy atom. The number of carbonyl (C=O) groups is 1. The molecule has 19 heavy (non-hydrogen) atoms. The van der Waals surface area contributed by atoms with Gasteiger partial charge >= 0.3 is 6.03 Å². The number of hydrogen-bond acceptors (Lipinski definition) is 4. The third-order valence-electron chi connectivity index (χ3n) is 2.47. The minimum atomic E-state index is -0.288. The van der Waals surface area contributed by atoms with E-state index in [4.69, 9.17) is 4.74 Å². The van der Waals surface area contributed by atoms with Crippen LogP contribution in [0.3, 0.4) is 0 Å². The van der Waals surface area contributed by atoms with Crippen LogP contribution in [0.2, 0.25) is 0 Å². The minimum Gasteiger partial charge on any atom is -0.495 e. The molecule has 7 nitrogen and oxygen atoms in total. The van der Waals surface area contributed by atoms with Crippen molar-refractivity contribution < 1.29 is 9.53 Å². The Bertz CT molecular complexity index is 527. The number of nitrogens with one attached hydrogen (secondary N) is 3. The van der Waals surface area contributed by atoms with Crippen LogP contribution < -0.4 is 15.4 Å². The molecular formula is C12H15N5O2. The zero-order valence-corrected chi connectivity index (χ0v) is 10.5. The van der Waals surface area contributed by atoms with Crippen molar-refractivity contribution in [2.45, 2.75) is 6.42 Å². The van der Waals surface area contributed by atoms with Crippen LogP contribution in [0.25, 0.3) is 0 Å². The third-order valence-corrected chi connectivity index (χ3v) is 2.47. The topological polar surface area (TPSA) is 91.9 Å². The molecule has 0 fully saturated rings. The second-order valence-corrected chi connectivity index (χ2v) is 3.76. The monoisotopic (exact) mass is 261 g/mol. The number of benzene rings is 1. The Morgan fingerprint density at radius 2 is 2.26 bits per heavy atom. The van der Waals surface area contributed by atoms with Crippen LogP contribution in [0.5, 0.6) is 5.75 Å². The molecule has 100 valence electrons. The molecule has 0 bridgehead atoms. The van der Waals surface area contributed by atoms with Gasteiger partial charge in [-0.25, -0.2) is 9.78 Å². The molecule has 1 heterocycles. The lowest BCUT2D eigenvalue weighted by atomic mass is 10.3. The van der Waals surface area contributed by atoms with E-state index in [1.165, 1.54) is 6.33 Å². The summed E-state index contributed by atoms with van der Waals surface area (Å²) in [7, 11) is 1.56. The van der Waals surface area contributed by atoms with Crippen LogP contribution in [0.15, 0.2) is 30.6 Å². The van der Waals surface area contributed by atoms with Crippen molar-refractivity contribution in [3.63, 3.8) is 0 Å². The number of hydrogen-bond donors (Lipinski definition) is 3. The van der Waals surface area contributed by atoms with Gasteiger partial charge in [-0.15, -0.1) is 0 Å². The molecule has 0 spiro atoms. The number of nitrogens with zero attached hydrogens (tertiary/aromatic N) is 2. The number of H-pyrrole nitrogens is 1. The molecule has 0 atom stereocenters. The van der Waals surface area contributed by atoms with Crippen molar-refractivity contribution in [2.24, 2.45) is 0 Å². The number of rotatable bonds is 5. The van der Waals surface area contributed by atoms with Crippen LogP contribution in [-0.4, -0.2) is 34.9 Å². The molecule has 1 aromatic heterocycles. The van der Waals surface area contributed by atoms with Gasteiger partial charge in [-0.05, 0) is 12.1 Å². The lowest BCUT2D eigenvalue weighted by molar-refractivity contribution is 0.252. The molecule has 0 saturated heterocycles. The summed E-state index contributed by atoms with van der Waals surface area (Å²) < 4.78 is 5.14. The average Bonchev–Trinajstić information content (AvgIpc) is 2.92. The van der Waals surface area contributed by atoms with E-state index in [1.807, 2.05) is 12.1 Å². The smallest absolute Gasteiger partial charge is 0.319 e. The van der Waals surface area contributed by atoms with Gasteiger partial charge in [0.1, 0.15) is 17.9 Å². The number of urea groups is 1. The molecule has 7 heteroatoms. The molecule has 0 saturated carbocycles. The van der Waals surface area contributed by atoms with Gasteiger partial charge in [0.15, 0.2) is 0 Å². The summed E-state index contributed by atoms with van der Waals surface area (Å²) in [4.78, 5) is 15.7. The zero-order chi connectivity index (χ0) is 13.5. The van der Waals surface area contributed by atoms with Gasteiger partial charge in [-0.2, -0.15) is 5.10 Å². The van der Waals surface area contributed by atoms with E-state index in [2.05, 4.69) is 25.8 Å². The number of anilines is 1. The van der Waals surface area contributed by atoms with E-state index >= 15 is 0 Å². The molecule has 0 radical (unpaired) electrons. The minimum absolute atomic E-state index is 0.288. The maximum absolute atomic E-state index is 11.7. The Hall–Kier alpha value is -2.57. The van der Waals surface area contributed by atoms with Crippen molar-refractivity contribution in [3.05, 3.63) is 36.4 Å². The van der Waals surface area contributed by atoms with Gasteiger partial charge in [0.05, 0.1) is 12.8 Å². The number of para-hydroxylation sites is 2. The first kappa shape index (κ1) is 12.9. The number of ether oxygens (including phenoxy) is 1. The molecule has 2 amide bonds. The van der Waals surface area contributed by atoms with Gasteiger partial charge < -0.3 is 15.4 Å². The first-order valence-corrected chi connectivity index (χ1v) is 5.81. The van der Waals surface area contributed by atoms with Crippen molar-refractivity contribution >= 4 is 11.7 Å². The first-order valence-electron chi connectivity index (χ1n) is 5.81. The van der Waals surface area contributed by atoms with Crippen LogP contribution in [0.4, 0.5) is 10.5 Å². The van der Waals surface area contributed by atoms with Crippen molar-refractivity contribution in [1.29, 1.82) is 0 Å². The number of aromatic nitrogens is 3. The predicted octanol–water partition coefficient (Wildman–Crippen LogP) is 1.18. The Morgan fingerprint density at radius 1 is 1.42 bits per heavy atom. The van der Waals surface area contributed by atoms with Crippen molar-refractivity contribution in [3.8, 4) is 5.75 Å². The SMILES string of the molecule is COc1ccccc1NC(=O)NCCc1ncn[nH]1. The summed E-state index contributed by atoms with van der Waals surface area (Å²) >= 11 is 0. The summed E-state index contributed by atoms with van der Waals surface area (Å²) in [5.74, 6) is 1.35. The fourth-order valence-corrected chi connectivity index (χ4v) is 1.56. The lowest BCUT2D eigenvalue weighted by Crippen LogP contribution is -2.30. The molecule has 0 unspecified atom stereocenters. The van der Waals surface area contributed by atoms with Crippen molar-refractivity contribution in [1.82, 2.24) is 20.5 Å². The van der Waals surface area contributed by atoms with E-state index in [0.717, 1.165) is 5.82 Å². The predicted molar refractivity (Wildman–Crippen MR) is 70.1 cm³/mol. The van der Waals surface area contributed by atoms with Crippen LogP contribution in [0, 0.1) is 0 Å². The van der Waals surface area contributed by atoms with Crippen LogP contribution in [0.1, 0.15) is 5.82 Å². The highest BCUT2D eigenvalue weighted by Crippen LogP contribution is 2.22. The molecule has 1 aromatic carbocycles. The average molecular weight is 261 g/mol. The summed E-state index contributed by atoms with van der Waals surface area (Å²) in [5.41, 5.74) is 0.627. The van der Waals surface area contributed by atoms with Gasteiger partial charge in [0.25, 0.3) is 0 Å². The molecule has 0 aliphatic heterocycles. The highest BCUT2D eigenvalue weighted by atomic mass is 16.5. The van der Waals surface area contributed by atoms with Gasteiger partial charge in [0.2, 0.25) is 0 Å². The van der Waals surface area contributed by atoms with Crippen molar-refractivity contribution in [2.75, 3.05) is 19.0 Å². The number of amides is 2. The molecule has 2 aromatic rings. The van der Waals surface area contributed by atoms with Gasteiger partial charge in [0, 0.05) is 13.0 Å². The normalized spacial score (nSPS) is 9.95. The van der Waals surface area contributed by atoms with Crippen LogP contribution in [-0.2, 0) is 6.42 Å². The van der Waals surface area contributed by atoms with E-state index in [-0.39, 0.29) is 6.03 Å². The third kappa shape index (κ3) is 3.70. The number of methoxy groups -OCH3 is 1. The highest BCUT2D eigenvalue weighted by Gasteiger charge is 2.06. The molecule has 3 N–H and O–H groups in total.